The molecule has 0 unspecified atom stereocenters. The van der Waals surface area contributed by atoms with Crippen molar-refractivity contribution in [2.24, 2.45) is 0 Å². The highest BCUT2D eigenvalue weighted by Gasteiger charge is 2.02. The quantitative estimate of drug-likeness (QED) is 0.771. The van der Waals surface area contributed by atoms with Gasteiger partial charge >= 0.3 is 5.97 Å². The predicted octanol–water partition coefficient (Wildman–Crippen LogP) is 2.07. The number of nitrogens with two attached hydrogens (primary N) is 1. The van der Waals surface area contributed by atoms with Crippen LogP contribution in [0.3, 0.4) is 0 Å². The van der Waals surface area contributed by atoms with E-state index in [0.717, 1.165) is 12.6 Å². The Balaban J connectivity index is 0.000000593. The molecule has 1 aromatic heterocycles. The first kappa shape index (κ1) is 18.0. The number of ether oxygens (including phenoxy) is 1. The van der Waals surface area contributed by atoms with Crippen molar-refractivity contribution in [3.8, 4) is 5.75 Å². The molecule has 0 aliphatic carbocycles. The van der Waals surface area contributed by atoms with Crippen LogP contribution in [0.25, 0.3) is 0 Å². The zero-order valence-electron chi connectivity index (χ0n) is 12.6. The minimum absolute atomic E-state index is 0.241. The summed E-state index contributed by atoms with van der Waals surface area (Å²) in [5.41, 5.74) is 6.68. The maximum absolute atomic E-state index is 10.7. The molecule has 122 valence electrons. The van der Waals surface area contributed by atoms with Crippen LogP contribution in [0.4, 0.5) is 5.82 Å². The van der Waals surface area contributed by atoms with Crippen LogP contribution in [0, 0.1) is 0 Å². The Hall–Kier alpha value is -3.09. The number of aromatic carboxylic acids is 1. The van der Waals surface area contributed by atoms with Crippen molar-refractivity contribution in [3.05, 3.63) is 53.7 Å². The molecule has 0 saturated carbocycles. The third kappa shape index (κ3) is 7.47. The van der Waals surface area contributed by atoms with Gasteiger partial charge in [-0.15, -0.1) is 0 Å². The van der Waals surface area contributed by atoms with Crippen LogP contribution in [-0.4, -0.2) is 33.7 Å². The van der Waals surface area contributed by atoms with E-state index in [1.54, 1.807) is 18.2 Å². The second kappa shape index (κ2) is 9.04. The molecule has 0 bridgehead atoms. The Bertz CT molecular complexity index is 652. The van der Waals surface area contributed by atoms with Gasteiger partial charge in [0.25, 0.3) is 5.97 Å². The topological polar surface area (TPSA) is 123 Å². The highest BCUT2D eigenvalue weighted by atomic mass is 16.5. The number of carbonyl (C=O) groups is 2. The molecule has 1 aromatic carbocycles. The van der Waals surface area contributed by atoms with Gasteiger partial charge in [0.2, 0.25) is 0 Å². The lowest BCUT2D eigenvalue weighted by Crippen LogP contribution is -2.04. The van der Waals surface area contributed by atoms with E-state index in [2.05, 4.69) is 4.98 Å². The van der Waals surface area contributed by atoms with Gasteiger partial charge in [0.05, 0.1) is 12.2 Å². The lowest BCUT2D eigenvalue weighted by Gasteiger charge is -2.06. The SMILES string of the molecule is CC(=O)O.Nc1cccc(CCOc2ccc(C(=O)O)cc2)n1. The minimum atomic E-state index is -0.949. The molecule has 0 aliphatic rings. The molecule has 0 atom stereocenters. The van der Waals surface area contributed by atoms with E-state index in [1.807, 2.05) is 12.1 Å². The standard InChI is InChI=1S/C14H14N2O3.C2H4O2/c15-13-3-1-2-11(16-13)8-9-19-12-6-4-10(5-7-12)14(17)18;1-2(3)4/h1-7H,8-9H2,(H2,15,16)(H,17,18);1H3,(H,3,4). The lowest BCUT2D eigenvalue weighted by atomic mass is 10.2. The monoisotopic (exact) mass is 318 g/mol. The van der Waals surface area contributed by atoms with Gasteiger partial charge in [-0.3, -0.25) is 4.79 Å². The third-order valence-electron chi connectivity index (χ3n) is 2.56. The molecule has 7 nitrogen and oxygen atoms in total. The second-order valence-corrected chi connectivity index (χ2v) is 4.50. The zero-order chi connectivity index (χ0) is 17.2. The number of pyridine rings is 1. The van der Waals surface area contributed by atoms with Crippen molar-refractivity contribution in [2.45, 2.75) is 13.3 Å². The van der Waals surface area contributed by atoms with Crippen molar-refractivity contribution in [1.29, 1.82) is 0 Å². The Morgan fingerprint density at radius 3 is 2.26 bits per heavy atom. The van der Waals surface area contributed by atoms with Gasteiger partial charge in [-0.2, -0.15) is 0 Å². The number of anilines is 1. The summed E-state index contributed by atoms with van der Waals surface area (Å²) in [6, 6.07) is 11.8. The molecule has 0 radical (unpaired) electrons. The van der Waals surface area contributed by atoms with Gasteiger partial charge < -0.3 is 20.7 Å². The number of rotatable bonds is 5. The van der Waals surface area contributed by atoms with E-state index >= 15 is 0 Å². The largest absolute Gasteiger partial charge is 0.493 e. The van der Waals surface area contributed by atoms with Crippen LogP contribution in [0.2, 0.25) is 0 Å². The molecule has 7 heteroatoms. The summed E-state index contributed by atoms with van der Waals surface area (Å²) in [5.74, 6) is -0.660. The van der Waals surface area contributed by atoms with Crippen LogP contribution < -0.4 is 10.5 Å². The van der Waals surface area contributed by atoms with Gasteiger partial charge in [-0.1, -0.05) is 6.07 Å². The van der Waals surface area contributed by atoms with E-state index in [1.165, 1.54) is 12.1 Å². The molecule has 0 aliphatic heterocycles. The third-order valence-corrected chi connectivity index (χ3v) is 2.56. The van der Waals surface area contributed by atoms with Crippen LogP contribution in [0.1, 0.15) is 23.0 Å². The zero-order valence-corrected chi connectivity index (χ0v) is 12.6. The first-order chi connectivity index (χ1) is 10.9. The van der Waals surface area contributed by atoms with Crippen molar-refractivity contribution in [3.63, 3.8) is 0 Å². The number of carboxylic acids is 2. The highest BCUT2D eigenvalue weighted by molar-refractivity contribution is 5.87. The Kier molecular flexibility index (Phi) is 7.06. The molecular formula is C16H18N2O5. The molecule has 4 N–H and O–H groups in total. The Morgan fingerprint density at radius 2 is 1.74 bits per heavy atom. The smallest absolute Gasteiger partial charge is 0.335 e. The number of aliphatic carboxylic acids is 1. The Labute approximate surface area is 133 Å². The van der Waals surface area contributed by atoms with E-state index in [0.29, 0.717) is 24.6 Å². The number of nitrogen functional groups attached to an aromatic ring is 1. The van der Waals surface area contributed by atoms with Gasteiger partial charge in [0, 0.05) is 19.0 Å². The average Bonchev–Trinajstić information content (AvgIpc) is 2.47. The summed E-state index contributed by atoms with van der Waals surface area (Å²) < 4.78 is 5.51. The van der Waals surface area contributed by atoms with E-state index in [9.17, 15) is 4.79 Å². The van der Waals surface area contributed by atoms with Crippen molar-refractivity contribution in [2.75, 3.05) is 12.3 Å². The number of hydrogen-bond acceptors (Lipinski definition) is 5. The summed E-state index contributed by atoms with van der Waals surface area (Å²) >= 11 is 0. The summed E-state index contributed by atoms with van der Waals surface area (Å²) in [7, 11) is 0. The number of aromatic nitrogens is 1. The summed E-state index contributed by atoms with van der Waals surface area (Å²) in [6.45, 7) is 1.54. The van der Waals surface area contributed by atoms with Gasteiger partial charge in [0.1, 0.15) is 11.6 Å². The van der Waals surface area contributed by atoms with Gasteiger partial charge in [-0.05, 0) is 36.4 Å². The van der Waals surface area contributed by atoms with Crippen LogP contribution in [0.15, 0.2) is 42.5 Å². The van der Waals surface area contributed by atoms with Crippen molar-refractivity contribution in [1.82, 2.24) is 4.98 Å². The average molecular weight is 318 g/mol. The van der Waals surface area contributed by atoms with E-state index < -0.39 is 11.9 Å². The normalized spacial score (nSPS) is 9.43. The number of nitrogens with zero attached hydrogens (tertiary/aromatic N) is 1. The lowest BCUT2D eigenvalue weighted by molar-refractivity contribution is -0.134. The summed E-state index contributed by atoms with van der Waals surface area (Å²) in [4.78, 5) is 23.8. The van der Waals surface area contributed by atoms with Gasteiger partial charge in [0.15, 0.2) is 0 Å². The number of carboxylic acid groups (broad SMARTS) is 2. The molecule has 2 aromatic rings. The molecule has 0 saturated heterocycles. The van der Waals surface area contributed by atoms with Crippen molar-refractivity contribution >= 4 is 17.8 Å². The van der Waals surface area contributed by atoms with Crippen LogP contribution in [-0.2, 0) is 11.2 Å². The fourth-order valence-corrected chi connectivity index (χ4v) is 1.60. The Morgan fingerprint density at radius 1 is 1.13 bits per heavy atom. The van der Waals surface area contributed by atoms with Crippen LogP contribution in [0.5, 0.6) is 5.75 Å². The number of hydrogen-bond donors (Lipinski definition) is 3. The first-order valence-electron chi connectivity index (χ1n) is 6.75. The number of benzene rings is 1. The highest BCUT2D eigenvalue weighted by Crippen LogP contribution is 2.12. The van der Waals surface area contributed by atoms with Crippen molar-refractivity contribution < 1.29 is 24.5 Å². The molecular weight excluding hydrogens is 300 g/mol. The fraction of sp³-hybridized carbons (Fsp3) is 0.188. The predicted molar refractivity (Wildman–Crippen MR) is 84.6 cm³/mol. The van der Waals surface area contributed by atoms with E-state index in [-0.39, 0.29) is 5.56 Å². The molecule has 2 rings (SSSR count). The summed E-state index contributed by atoms with van der Waals surface area (Å²) in [5, 5.41) is 16.2. The van der Waals surface area contributed by atoms with Gasteiger partial charge in [-0.25, -0.2) is 9.78 Å². The van der Waals surface area contributed by atoms with E-state index in [4.69, 9.17) is 25.5 Å². The molecule has 1 heterocycles. The molecule has 0 spiro atoms. The summed E-state index contributed by atoms with van der Waals surface area (Å²) in [6.07, 6.45) is 0.645. The maximum atomic E-state index is 10.7. The molecule has 0 fully saturated rings. The fourth-order valence-electron chi connectivity index (χ4n) is 1.60. The second-order valence-electron chi connectivity index (χ2n) is 4.50. The van der Waals surface area contributed by atoms with Crippen LogP contribution >= 0.6 is 0 Å². The maximum Gasteiger partial charge on any atom is 0.335 e. The first-order valence-corrected chi connectivity index (χ1v) is 6.75. The molecule has 23 heavy (non-hydrogen) atoms. The molecule has 0 amide bonds. The minimum Gasteiger partial charge on any atom is -0.493 e.